The highest BCUT2D eigenvalue weighted by Gasteiger charge is 2.30. The van der Waals surface area contributed by atoms with Gasteiger partial charge in [0.05, 0.1) is 29.9 Å². The summed E-state index contributed by atoms with van der Waals surface area (Å²) in [4.78, 5) is 25.6. The number of fused-ring (bicyclic) bond motifs is 3. The van der Waals surface area contributed by atoms with Crippen LogP contribution in [0.1, 0.15) is 34.8 Å². The predicted molar refractivity (Wildman–Crippen MR) is 118 cm³/mol. The lowest BCUT2D eigenvalue weighted by molar-refractivity contribution is 0.101. The lowest BCUT2D eigenvalue weighted by Gasteiger charge is -2.31. The summed E-state index contributed by atoms with van der Waals surface area (Å²) in [5.41, 5.74) is 1.15. The van der Waals surface area contributed by atoms with Crippen LogP contribution in [0.3, 0.4) is 0 Å². The normalized spacial score (nSPS) is 14.4. The lowest BCUT2D eigenvalue weighted by Crippen LogP contribution is -2.27. The molecule has 31 heavy (non-hydrogen) atoms. The van der Waals surface area contributed by atoms with E-state index in [2.05, 4.69) is 0 Å². The van der Waals surface area contributed by atoms with Crippen molar-refractivity contribution in [1.29, 1.82) is 0 Å². The summed E-state index contributed by atoms with van der Waals surface area (Å²) in [6.45, 7) is 2.45. The molecule has 0 fully saturated rings. The van der Waals surface area contributed by atoms with E-state index in [0.29, 0.717) is 41.7 Å². The van der Waals surface area contributed by atoms with Crippen molar-refractivity contribution in [1.82, 2.24) is 4.57 Å². The molecule has 0 bridgehead atoms. The third-order valence-corrected chi connectivity index (χ3v) is 5.93. The number of nitrogens with zero attached hydrogens (tertiary/aromatic N) is 1. The van der Waals surface area contributed by atoms with Gasteiger partial charge in [-0.25, -0.2) is 0 Å². The number of ketones is 1. The molecule has 1 aliphatic heterocycles. The minimum absolute atomic E-state index is 0.127. The molecule has 0 saturated heterocycles. The van der Waals surface area contributed by atoms with Gasteiger partial charge < -0.3 is 23.5 Å². The third kappa shape index (κ3) is 4.08. The molecular weight excluding hydrogens is 418 g/mol. The van der Waals surface area contributed by atoms with Gasteiger partial charge in [0.1, 0.15) is 5.75 Å². The molecule has 2 aromatic heterocycles. The molecule has 0 saturated carbocycles. The standard InChI is InChI=1S/C23H23NO6S/c1-14(25)16-13-24-17(11-18(16)26)15-10-20(28-3)21(29-8-5-7-27-2)12-19(15)30-23(24)22-6-4-9-31-22/h4,6,9-13,23H,5,7-8H2,1-3H3/t23-/m0/s1. The summed E-state index contributed by atoms with van der Waals surface area (Å²) in [7, 11) is 3.21. The average Bonchev–Trinajstić information content (AvgIpc) is 3.29. The van der Waals surface area contributed by atoms with E-state index in [0.717, 1.165) is 11.3 Å². The SMILES string of the molecule is COCCCOc1cc2c(cc1OC)-c1cc(=O)c(C(C)=O)cn1[C@H](c1cccs1)O2. The number of carbonyl (C=O) groups excluding carboxylic acids is 1. The van der Waals surface area contributed by atoms with Gasteiger partial charge in [0, 0.05) is 44.0 Å². The number of hydrogen-bond donors (Lipinski definition) is 0. The molecule has 1 aliphatic rings. The monoisotopic (exact) mass is 441 g/mol. The van der Waals surface area contributed by atoms with Gasteiger partial charge in [-0.15, -0.1) is 11.3 Å². The third-order valence-electron chi connectivity index (χ3n) is 5.03. The topological polar surface area (TPSA) is 76.0 Å². The minimum atomic E-state index is -0.504. The molecular formula is C23H23NO6S. The van der Waals surface area contributed by atoms with Crippen molar-refractivity contribution in [2.24, 2.45) is 0 Å². The first-order valence-corrected chi connectivity index (χ1v) is 10.7. The molecule has 1 aromatic carbocycles. The van der Waals surface area contributed by atoms with Gasteiger partial charge in [-0.05, 0) is 24.4 Å². The van der Waals surface area contributed by atoms with Gasteiger partial charge in [0.15, 0.2) is 22.7 Å². The molecule has 7 nitrogen and oxygen atoms in total. The Kier molecular flexibility index (Phi) is 6.11. The first-order chi connectivity index (χ1) is 15.0. The molecule has 3 heterocycles. The summed E-state index contributed by atoms with van der Waals surface area (Å²) < 4.78 is 24.6. The highest BCUT2D eigenvalue weighted by molar-refractivity contribution is 7.10. The van der Waals surface area contributed by atoms with Gasteiger partial charge in [0.2, 0.25) is 6.23 Å². The number of Topliss-reactive ketones (excluding diaryl/α,β-unsaturated/α-hetero) is 1. The van der Waals surface area contributed by atoms with E-state index in [-0.39, 0.29) is 16.8 Å². The molecule has 0 spiro atoms. The van der Waals surface area contributed by atoms with Crippen LogP contribution in [0, 0.1) is 0 Å². The first-order valence-electron chi connectivity index (χ1n) is 9.84. The number of benzene rings is 1. The molecule has 0 unspecified atom stereocenters. The number of hydrogen-bond acceptors (Lipinski definition) is 7. The van der Waals surface area contributed by atoms with Crippen LogP contribution in [0.2, 0.25) is 0 Å². The molecule has 1 atom stereocenters. The zero-order valence-corrected chi connectivity index (χ0v) is 18.4. The van der Waals surface area contributed by atoms with Crippen LogP contribution in [0.5, 0.6) is 17.2 Å². The molecule has 8 heteroatoms. The fourth-order valence-corrected chi connectivity index (χ4v) is 4.27. The average molecular weight is 442 g/mol. The van der Waals surface area contributed by atoms with E-state index in [9.17, 15) is 9.59 Å². The van der Waals surface area contributed by atoms with E-state index in [1.165, 1.54) is 24.3 Å². The molecule has 0 N–H and O–H groups in total. The van der Waals surface area contributed by atoms with Gasteiger partial charge >= 0.3 is 0 Å². The molecule has 162 valence electrons. The number of thiophene rings is 1. The second kappa shape index (κ2) is 8.95. The van der Waals surface area contributed by atoms with Crippen molar-refractivity contribution in [2.45, 2.75) is 19.6 Å². The Hall–Kier alpha value is -3.10. The van der Waals surface area contributed by atoms with Crippen LogP contribution in [0.25, 0.3) is 11.3 Å². The lowest BCUT2D eigenvalue weighted by atomic mass is 10.0. The minimum Gasteiger partial charge on any atom is -0.493 e. The molecule has 0 aliphatic carbocycles. The number of aromatic nitrogens is 1. The van der Waals surface area contributed by atoms with Crippen LogP contribution >= 0.6 is 11.3 Å². The van der Waals surface area contributed by atoms with Crippen LogP contribution in [0.4, 0.5) is 0 Å². The van der Waals surface area contributed by atoms with E-state index >= 15 is 0 Å². The smallest absolute Gasteiger partial charge is 0.211 e. The Morgan fingerprint density at radius 1 is 1.19 bits per heavy atom. The summed E-state index contributed by atoms with van der Waals surface area (Å²) in [5, 5.41) is 1.96. The summed E-state index contributed by atoms with van der Waals surface area (Å²) in [6, 6.07) is 8.96. The second-order valence-electron chi connectivity index (χ2n) is 7.08. The van der Waals surface area contributed by atoms with E-state index in [1.807, 2.05) is 22.1 Å². The van der Waals surface area contributed by atoms with Crippen molar-refractivity contribution in [3.8, 4) is 28.5 Å². The van der Waals surface area contributed by atoms with Crippen LogP contribution in [0.15, 0.2) is 46.7 Å². The first kappa shape index (κ1) is 21.1. The van der Waals surface area contributed by atoms with Crippen LogP contribution < -0.4 is 19.6 Å². The Morgan fingerprint density at radius 2 is 2.03 bits per heavy atom. The van der Waals surface area contributed by atoms with Crippen molar-refractivity contribution in [3.05, 3.63) is 62.6 Å². The Bertz CT molecular complexity index is 1150. The van der Waals surface area contributed by atoms with Gasteiger partial charge in [0.25, 0.3) is 0 Å². The van der Waals surface area contributed by atoms with Crippen molar-refractivity contribution in [3.63, 3.8) is 0 Å². The maximum Gasteiger partial charge on any atom is 0.211 e. The van der Waals surface area contributed by atoms with E-state index < -0.39 is 6.23 Å². The summed E-state index contributed by atoms with van der Waals surface area (Å²) in [6.07, 6.45) is 1.81. The van der Waals surface area contributed by atoms with E-state index in [4.69, 9.17) is 18.9 Å². The van der Waals surface area contributed by atoms with Crippen LogP contribution in [-0.4, -0.2) is 37.8 Å². The fourth-order valence-electron chi connectivity index (χ4n) is 3.52. The number of methoxy groups -OCH3 is 2. The maximum absolute atomic E-state index is 12.6. The number of rotatable bonds is 8. The number of ether oxygens (including phenoxy) is 4. The molecule has 0 radical (unpaired) electrons. The van der Waals surface area contributed by atoms with Crippen LogP contribution in [-0.2, 0) is 4.74 Å². The fraction of sp³-hybridized carbons (Fsp3) is 0.304. The zero-order chi connectivity index (χ0) is 22.0. The van der Waals surface area contributed by atoms with Gasteiger partial charge in [-0.1, -0.05) is 6.07 Å². The Labute approximate surface area is 183 Å². The highest BCUT2D eigenvalue weighted by atomic mass is 32.1. The Morgan fingerprint density at radius 3 is 2.71 bits per heavy atom. The zero-order valence-electron chi connectivity index (χ0n) is 17.5. The quantitative estimate of drug-likeness (QED) is 0.386. The number of pyridine rings is 1. The summed E-state index contributed by atoms with van der Waals surface area (Å²) >= 11 is 1.54. The van der Waals surface area contributed by atoms with Gasteiger partial charge in [-0.2, -0.15) is 0 Å². The largest absolute Gasteiger partial charge is 0.493 e. The Balaban J connectivity index is 1.84. The van der Waals surface area contributed by atoms with E-state index in [1.54, 1.807) is 32.5 Å². The van der Waals surface area contributed by atoms with Crippen molar-refractivity contribution < 1.29 is 23.7 Å². The second-order valence-corrected chi connectivity index (χ2v) is 8.06. The van der Waals surface area contributed by atoms with Crippen molar-refractivity contribution >= 4 is 17.1 Å². The molecule has 0 amide bonds. The van der Waals surface area contributed by atoms with Gasteiger partial charge in [-0.3, -0.25) is 9.59 Å². The van der Waals surface area contributed by atoms with Crippen molar-refractivity contribution in [2.75, 3.05) is 27.4 Å². The summed E-state index contributed by atoms with van der Waals surface area (Å²) in [5.74, 6) is 1.38. The highest BCUT2D eigenvalue weighted by Crippen LogP contribution is 2.46. The maximum atomic E-state index is 12.6. The molecule has 3 aromatic rings. The predicted octanol–water partition coefficient (Wildman–Crippen LogP) is 4.14. The number of carbonyl (C=O) groups is 1. The molecule has 4 rings (SSSR count).